The summed E-state index contributed by atoms with van der Waals surface area (Å²) in [6.45, 7) is 3.78. The van der Waals surface area contributed by atoms with Crippen LogP contribution in [0.3, 0.4) is 0 Å². The summed E-state index contributed by atoms with van der Waals surface area (Å²) in [7, 11) is 0.970. The molecule has 1 heterocycles. The molecule has 1 aliphatic heterocycles. The number of piperidine rings is 1. The second kappa shape index (κ2) is 11.5. The van der Waals surface area contributed by atoms with Crippen molar-refractivity contribution < 1.29 is 22.7 Å². The van der Waals surface area contributed by atoms with Crippen LogP contribution in [0.5, 0.6) is 0 Å². The van der Waals surface area contributed by atoms with Crippen LogP contribution in [-0.4, -0.2) is 79.3 Å². The van der Waals surface area contributed by atoms with Crippen molar-refractivity contribution in [3.8, 4) is 0 Å². The number of benzene rings is 1. The molecule has 8 nitrogen and oxygen atoms in total. The molecule has 29 heavy (non-hydrogen) atoms. The average molecular weight is 428 g/mol. The molecule has 0 bridgehead atoms. The Morgan fingerprint density at radius 1 is 1.14 bits per heavy atom. The molecule has 1 aromatic rings. The Balaban J connectivity index is 2.13. The van der Waals surface area contributed by atoms with Crippen LogP contribution in [0.2, 0.25) is 0 Å². The molecule has 1 saturated heterocycles. The average Bonchev–Trinajstić information content (AvgIpc) is 2.73. The van der Waals surface area contributed by atoms with Crippen LogP contribution in [0.4, 0.5) is 5.69 Å². The van der Waals surface area contributed by atoms with E-state index in [-0.39, 0.29) is 10.8 Å². The number of carbonyl (C=O) groups is 1. The van der Waals surface area contributed by atoms with Gasteiger partial charge in [0.1, 0.15) is 0 Å². The van der Waals surface area contributed by atoms with Crippen LogP contribution in [0, 0.1) is 0 Å². The molecule has 9 heteroatoms. The number of hydrogen-bond donors (Lipinski definition) is 1. The van der Waals surface area contributed by atoms with Gasteiger partial charge in [-0.25, -0.2) is 12.7 Å². The molecule has 1 aromatic carbocycles. The van der Waals surface area contributed by atoms with Gasteiger partial charge in [-0.1, -0.05) is 0 Å². The molecule has 0 unspecified atom stereocenters. The molecule has 1 aliphatic rings. The quantitative estimate of drug-likeness (QED) is 0.541. The minimum absolute atomic E-state index is 0.122. The second-order valence-electron chi connectivity index (χ2n) is 7.23. The van der Waals surface area contributed by atoms with E-state index in [4.69, 9.17) is 9.47 Å². The SMILES string of the molecule is COCCOCCCNC(=O)c1cc(S(=O)(=O)N(C)C)ccc1N1CCCCC1. The third-order valence-electron chi connectivity index (χ3n) is 4.87. The van der Waals surface area contributed by atoms with Crippen LogP contribution < -0.4 is 10.2 Å². The van der Waals surface area contributed by atoms with E-state index in [0.717, 1.165) is 35.9 Å². The third kappa shape index (κ3) is 6.67. The van der Waals surface area contributed by atoms with Gasteiger partial charge in [0.25, 0.3) is 5.91 Å². The van der Waals surface area contributed by atoms with Gasteiger partial charge >= 0.3 is 0 Å². The maximum atomic E-state index is 12.9. The molecule has 1 amide bonds. The monoisotopic (exact) mass is 427 g/mol. The van der Waals surface area contributed by atoms with E-state index >= 15 is 0 Å². The lowest BCUT2D eigenvalue weighted by Gasteiger charge is -2.30. The van der Waals surface area contributed by atoms with Crippen molar-refractivity contribution >= 4 is 21.6 Å². The first-order valence-electron chi connectivity index (χ1n) is 10.0. The van der Waals surface area contributed by atoms with Gasteiger partial charge in [-0.2, -0.15) is 0 Å². The van der Waals surface area contributed by atoms with Gasteiger partial charge < -0.3 is 19.7 Å². The number of amides is 1. The van der Waals surface area contributed by atoms with Crippen molar-refractivity contribution in [3.05, 3.63) is 23.8 Å². The van der Waals surface area contributed by atoms with Crippen molar-refractivity contribution in [1.82, 2.24) is 9.62 Å². The maximum absolute atomic E-state index is 12.9. The van der Waals surface area contributed by atoms with E-state index in [1.54, 1.807) is 19.2 Å². The van der Waals surface area contributed by atoms with Crippen molar-refractivity contribution in [3.63, 3.8) is 0 Å². The Hall–Kier alpha value is -1.68. The molecular formula is C20H33N3O5S. The van der Waals surface area contributed by atoms with Gasteiger partial charge in [-0.05, 0) is 43.9 Å². The Morgan fingerprint density at radius 2 is 1.86 bits per heavy atom. The number of nitrogens with one attached hydrogen (secondary N) is 1. The maximum Gasteiger partial charge on any atom is 0.253 e. The zero-order valence-electron chi connectivity index (χ0n) is 17.6. The zero-order valence-corrected chi connectivity index (χ0v) is 18.5. The van der Waals surface area contributed by atoms with Crippen LogP contribution in [0.1, 0.15) is 36.0 Å². The third-order valence-corrected chi connectivity index (χ3v) is 6.68. The molecule has 164 valence electrons. The van der Waals surface area contributed by atoms with E-state index in [1.807, 2.05) is 0 Å². The minimum Gasteiger partial charge on any atom is -0.382 e. The van der Waals surface area contributed by atoms with Crippen LogP contribution in [0.15, 0.2) is 23.1 Å². The first kappa shape index (κ1) is 23.6. The number of sulfonamides is 1. The van der Waals surface area contributed by atoms with Gasteiger partial charge in [0, 0.05) is 53.1 Å². The molecule has 0 atom stereocenters. The van der Waals surface area contributed by atoms with Crippen molar-refractivity contribution in [2.75, 3.05) is 65.6 Å². The van der Waals surface area contributed by atoms with Crippen LogP contribution in [0.25, 0.3) is 0 Å². The van der Waals surface area contributed by atoms with Crippen molar-refractivity contribution in [1.29, 1.82) is 0 Å². The number of rotatable bonds is 11. The molecule has 0 aliphatic carbocycles. The minimum atomic E-state index is -3.62. The topological polar surface area (TPSA) is 88.2 Å². The highest BCUT2D eigenvalue weighted by Crippen LogP contribution is 2.27. The van der Waals surface area contributed by atoms with Gasteiger partial charge in [0.15, 0.2) is 0 Å². The normalized spacial score (nSPS) is 15.0. The first-order valence-corrected chi connectivity index (χ1v) is 11.5. The Kier molecular flexibility index (Phi) is 9.35. The zero-order chi connectivity index (χ0) is 21.3. The molecule has 1 fully saturated rings. The summed E-state index contributed by atoms with van der Waals surface area (Å²) in [6, 6.07) is 4.83. The van der Waals surface area contributed by atoms with Crippen molar-refractivity contribution in [2.24, 2.45) is 0 Å². The summed E-state index contributed by atoms with van der Waals surface area (Å²) in [6.07, 6.45) is 3.98. The number of ether oxygens (including phenoxy) is 2. The molecule has 0 spiro atoms. The summed E-state index contributed by atoms with van der Waals surface area (Å²) in [5.41, 5.74) is 1.19. The van der Waals surface area contributed by atoms with E-state index in [9.17, 15) is 13.2 Å². The van der Waals surface area contributed by atoms with Gasteiger partial charge in [-0.3, -0.25) is 4.79 Å². The first-order chi connectivity index (χ1) is 13.9. The Bertz CT molecular complexity index is 761. The number of hydrogen-bond acceptors (Lipinski definition) is 6. The fraction of sp³-hybridized carbons (Fsp3) is 0.650. The summed E-state index contributed by atoms with van der Waals surface area (Å²) in [5.74, 6) is -0.265. The fourth-order valence-electron chi connectivity index (χ4n) is 3.19. The molecular weight excluding hydrogens is 394 g/mol. The lowest BCUT2D eigenvalue weighted by molar-refractivity contribution is 0.0688. The lowest BCUT2D eigenvalue weighted by Crippen LogP contribution is -2.33. The molecule has 0 radical (unpaired) electrons. The molecule has 0 saturated carbocycles. The van der Waals surface area contributed by atoms with Gasteiger partial charge in [0.05, 0.1) is 23.7 Å². The van der Waals surface area contributed by atoms with E-state index in [2.05, 4.69) is 10.2 Å². The summed E-state index contributed by atoms with van der Waals surface area (Å²) in [4.78, 5) is 15.2. The van der Waals surface area contributed by atoms with Crippen LogP contribution in [-0.2, 0) is 19.5 Å². The predicted molar refractivity (Wildman–Crippen MR) is 113 cm³/mol. The summed E-state index contributed by atoms with van der Waals surface area (Å²) >= 11 is 0. The number of methoxy groups -OCH3 is 1. The second-order valence-corrected chi connectivity index (χ2v) is 9.38. The molecule has 2 rings (SSSR count). The number of carbonyl (C=O) groups excluding carboxylic acids is 1. The highest BCUT2D eigenvalue weighted by atomic mass is 32.2. The highest BCUT2D eigenvalue weighted by molar-refractivity contribution is 7.89. The Morgan fingerprint density at radius 3 is 2.52 bits per heavy atom. The smallest absolute Gasteiger partial charge is 0.253 e. The Labute approximate surface area is 174 Å². The standard InChI is InChI=1S/C20H33N3O5S/c1-22(2)29(25,26)17-8-9-19(23-11-5-4-6-12-23)18(16-17)20(24)21-10-7-13-28-15-14-27-3/h8-9,16H,4-7,10-15H2,1-3H3,(H,21,24). The largest absolute Gasteiger partial charge is 0.382 e. The molecule has 0 aromatic heterocycles. The van der Waals surface area contributed by atoms with E-state index in [1.165, 1.54) is 26.6 Å². The fourth-order valence-corrected chi connectivity index (χ4v) is 4.12. The van der Waals surface area contributed by atoms with Gasteiger partial charge in [-0.15, -0.1) is 0 Å². The van der Waals surface area contributed by atoms with E-state index < -0.39 is 10.0 Å². The summed E-state index contributed by atoms with van der Waals surface area (Å²) in [5, 5.41) is 2.89. The number of nitrogens with zero attached hydrogens (tertiary/aromatic N) is 2. The number of anilines is 1. The van der Waals surface area contributed by atoms with E-state index in [0.29, 0.717) is 38.3 Å². The summed E-state index contributed by atoms with van der Waals surface area (Å²) < 4.78 is 36.5. The molecule has 1 N–H and O–H groups in total. The van der Waals surface area contributed by atoms with Gasteiger partial charge in [0.2, 0.25) is 10.0 Å². The van der Waals surface area contributed by atoms with Crippen molar-refractivity contribution in [2.45, 2.75) is 30.6 Å². The van der Waals surface area contributed by atoms with Crippen LogP contribution >= 0.6 is 0 Å². The predicted octanol–water partition coefficient (Wildman–Crippen LogP) is 1.71. The lowest BCUT2D eigenvalue weighted by atomic mass is 10.1. The highest BCUT2D eigenvalue weighted by Gasteiger charge is 2.24.